The first-order valence-electron chi connectivity index (χ1n) is 7.38. The molecule has 3 heteroatoms. The maximum Gasteiger partial charge on any atom is 0.306 e. The highest BCUT2D eigenvalue weighted by atomic mass is 16.5. The Morgan fingerprint density at radius 2 is 2.26 bits per heavy atom. The molecule has 0 spiro atoms. The first-order chi connectivity index (χ1) is 9.24. The molecule has 3 nitrogen and oxygen atoms in total. The van der Waals surface area contributed by atoms with Gasteiger partial charge in [0.25, 0.3) is 0 Å². The molecule has 0 N–H and O–H groups in total. The zero-order valence-corrected chi connectivity index (χ0v) is 11.9. The minimum absolute atomic E-state index is 0.0852. The van der Waals surface area contributed by atoms with Crippen molar-refractivity contribution >= 4 is 5.97 Å². The Morgan fingerprint density at radius 1 is 1.42 bits per heavy atom. The quantitative estimate of drug-likeness (QED) is 0.762. The van der Waals surface area contributed by atoms with Crippen LogP contribution >= 0.6 is 0 Å². The Hall–Kier alpha value is -1.38. The molecule has 0 aliphatic heterocycles. The van der Waals surface area contributed by atoms with E-state index in [0.717, 1.165) is 32.1 Å². The third-order valence-corrected chi connectivity index (χ3v) is 3.70. The Morgan fingerprint density at radius 3 is 3.00 bits per heavy atom. The second-order valence-electron chi connectivity index (χ2n) is 5.19. The van der Waals surface area contributed by atoms with Gasteiger partial charge in [-0.2, -0.15) is 0 Å². The largest absolute Gasteiger partial charge is 0.466 e. The van der Waals surface area contributed by atoms with Crippen molar-refractivity contribution in [3.05, 3.63) is 29.1 Å². The molecule has 0 bridgehead atoms. The zero-order valence-electron chi connectivity index (χ0n) is 11.9. The third-order valence-electron chi connectivity index (χ3n) is 3.70. The number of rotatable bonds is 5. The standard InChI is InChI=1S/C16H23NO2/c1-3-6-13-9-10-14-12(11-16(18)19-4-2)7-5-8-15(14)17-13/h9-10,12H,3-8,11H2,1-2H3. The van der Waals surface area contributed by atoms with Crippen LogP contribution in [0.5, 0.6) is 0 Å². The maximum absolute atomic E-state index is 11.6. The van der Waals surface area contributed by atoms with Gasteiger partial charge >= 0.3 is 5.97 Å². The molecular formula is C16H23NO2. The molecule has 1 unspecified atom stereocenters. The summed E-state index contributed by atoms with van der Waals surface area (Å²) in [5.41, 5.74) is 3.64. The number of aryl methyl sites for hydroxylation is 2. The van der Waals surface area contributed by atoms with Crippen LogP contribution in [0.15, 0.2) is 12.1 Å². The van der Waals surface area contributed by atoms with Crippen molar-refractivity contribution in [3.8, 4) is 0 Å². The highest BCUT2D eigenvalue weighted by molar-refractivity contribution is 5.70. The van der Waals surface area contributed by atoms with Crippen molar-refractivity contribution in [2.75, 3.05) is 6.61 Å². The van der Waals surface area contributed by atoms with Crippen LogP contribution in [0.25, 0.3) is 0 Å². The molecular weight excluding hydrogens is 238 g/mol. The molecule has 0 aromatic carbocycles. The van der Waals surface area contributed by atoms with E-state index in [0.29, 0.717) is 18.9 Å². The van der Waals surface area contributed by atoms with Gasteiger partial charge in [0, 0.05) is 11.4 Å². The van der Waals surface area contributed by atoms with E-state index in [1.165, 1.54) is 17.0 Å². The van der Waals surface area contributed by atoms with Gasteiger partial charge in [-0.05, 0) is 50.2 Å². The van der Waals surface area contributed by atoms with Crippen molar-refractivity contribution in [1.29, 1.82) is 0 Å². The molecule has 1 atom stereocenters. The molecule has 1 heterocycles. The van der Waals surface area contributed by atoms with Crippen molar-refractivity contribution < 1.29 is 9.53 Å². The number of carbonyl (C=O) groups is 1. The SMILES string of the molecule is CCCc1ccc2c(n1)CCCC2CC(=O)OCC. The molecule has 1 aliphatic rings. The molecule has 1 aromatic heterocycles. The van der Waals surface area contributed by atoms with Gasteiger partial charge in [-0.1, -0.05) is 19.4 Å². The average molecular weight is 261 g/mol. The molecule has 1 aliphatic carbocycles. The van der Waals surface area contributed by atoms with E-state index in [9.17, 15) is 4.79 Å². The van der Waals surface area contributed by atoms with Crippen LogP contribution in [-0.2, 0) is 22.4 Å². The highest BCUT2D eigenvalue weighted by Gasteiger charge is 2.24. The number of hydrogen-bond acceptors (Lipinski definition) is 3. The Kier molecular flexibility index (Phi) is 4.94. The zero-order chi connectivity index (χ0) is 13.7. The lowest BCUT2D eigenvalue weighted by molar-refractivity contribution is -0.143. The number of hydrogen-bond donors (Lipinski definition) is 0. The molecule has 0 radical (unpaired) electrons. The van der Waals surface area contributed by atoms with Gasteiger partial charge in [0.05, 0.1) is 13.0 Å². The van der Waals surface area contributed by atoms with E-state index in [1.807, 2.05) is 6.92 Å². The molecule has 104 valence electrons. The normalized spacial score (nSPS) is 17.9. The summed E-state index contributed by atoms with van der Waals surface area (Å²) in [6.07, 6.45) is 5.90. The topological polar surface area (TPSA) is 39.2 Å². The number of aromatic nitrogens is 1. The summed E-state index contributed by atoms with van der Waals surface area (Å²) in [5.74, 6) is 0.212. The molecule has 19 heavy (non-hydrogen) atoms. The van der Waals surface area contributed by atoms with Crippen LogP contribution in [0.4, 0.5) is 0 Å². The Bertz CT molecular complexity index is 442. The van der Waals surface area contributed by atoms with Crippen molar-refractivity contribution in [3.63, 3.8) is 0 Å². The fourth-order valence-electron chi connectivity index (χ4n) is 2.83. The molecule has 0 saturated carbocycles. The van der Waals surface area contributed by atoms with Crippen LogP contribution < -0.4 is 0 Å². The second-order valence-corrected chi connectivity index (χ2v) is 5.19. The van der Waals surface area contributed by atoms with E-state index >= 15 is 0 Å². The summed E-state index contributed by atoms with van der Waals surface area (Å²) in [6.45, 7) is 4.49. The Labute approximate surface area is 115 Å². The predicted molar refractivity (Wildman–Crippen MR) is 75.2 cm³/mol. The van der Waals surface area contributed by atoms with Crippen LogP contribution in [0, 0.1) is 0 Å². The van der Waals surface area contributed by atoms with E-state index in [2.05, 4.69) is 19.1 Å². The van der Waals surface area contributed by atoms with Crippen LogP contribution in [0.1, 0.15) is 62.4 Å². The van der Waals surface area contributed by atoms with Gasteiger partial charge in [-0.25, -0.2) is 0 Å². The lowest BCUT2D eigenvalue weighted by Gasteiger charge is -2.24. The summed E-state index contributed by atoms with van der Waals surface area (Å²) in [6, 6.07) is 4.29. The number of nitrogens with zero attached hydrogens (tertiary/aromatic N) is 1. The first-order valence-corrected chi connectivity index (χ1v) is 7.38. The second kappa shape index (κ2) is 6.69. The van der Waals surface area contributed by atoms with Crippen molar-refractivity contribution in [2.24, 2.45) is 0 Å². The molecule has 2 rings (SSSR count). The van der Waals surface area contributed by atoms with Crippen molar-refractivity contribution in [1.82, 2.24) is 4.98 Å². The van der Waals surface area contributed by atoms with Crippen LogP contribution in [0.2, 0.25) is 0 Å². The monoisotopic (exact) mass is 261 g/mol. The van der Waals surface area contributed by atoms with Gasteiger partial charge in [0.15, 0.2) is 0 Å². The molecule has 0 amide bonds. The summed E-state index contributed by atoms with van der Waals surface area (Å²) >= 11 is 0. The van der Waals surface area contributed by atoms with Gasteiger partial charge in [-0.3, -0.25) is 9.78 Å². The predicted octanol–water partition coefficient (Wildman–Crippen LogP) is 3.41. The number of pyridine rings is 1. The lowest BCUT2D eigenvalue weighted by Crippen LogP contribution is -2.17. The summed E-state index contributed by atoms with van der Waals surface area (Å²) < 4.78 is 5.06. The molecule has 0 saturated heterocycles. The summed E-state index contributed by atoms with van der Waals surface area (Å²) in [7, 11) is 0. The molecule has 1 aromatic rings. The molecule has 0 fully saturated rings. The number of fused-ring (bicyclic) bond motifs is 1. The van der Waals surface area contributed by atoms with Crippen molar-refractivity contribution in [2.45, 2.75) is 58.3 Å². The van der Waals surface area contributed by atoms with Gasteiger partial charge in [0.2, 0.25) is 0 Å². The van der Waals surface area contributed by atoms with E-state index < -0.39 is 0 Å². The first kappa shape index (κ1) is 14.0. The maximum atomic E-state index is 11.6. The van der Waals surface area contributed by atoms with Gasteiger partial charge in [-0.15, -0.1) is 0 Å². The Balaban J connectivity index is 2.12. The minimum Gasteiger partial charge on any atom is -0.466 e. The van der Waals surface area contributed by atoms with E-state index in [4.69, 9.17) is 9.72 Å². The fourth-order valence-corrected chi connectivity index (χ4v) is 2.83. The van der Waals surface area contributed by atoms with Gasteiger partial charge in [0.1, 0.15) is 0 Å². The van der Waals surface area contributed by atoms with E-state index in [1.54, 1.807) is 0 Å². The fraction of sp³-hybridized carbons (Fsp3) is 0.625. The number of carbonyl (C=O) groups excluding carboxylic acids is 1. The minimum atomic E-state index is -0.0852. The number of ether oxygens (including phenoxy) is 1. The van der Waals surface area contributed by atoms with Crippen LogP contribution in [0.3, 0.4) is 0 Å². The van der Waals surface area contributed by atoms with Gasteiger partial charge < -0.3 is 4.74 Å². The average Bonchev–Trinajstić information content (AvgIpc) is 2.39. The van der Waals surface area contributed by atoms with E-state index in [-0.39, 0.29) is 5.97 Å². The van der Waals surface area contributed by atoms with Crippen LogP contribution in [-0.4, -0.2) is 17.6 Å². The highest BCUT2D eigenvalue weighted by Crippen LogP contribution is 2.33. The summed E-state index contributed by atoms with van der Waals surface area (Å²) in [5, 5.41) is 0. The summed E-state index contributed by atoms with van der Waals surface area (Å²) in [4.78, 5) is 16.4. The lowest BCUT2D eigenvalue weighted by atomic mass is 9.83. The third kappa shape index (κ3) is 3.55. The smallest absolute Gasteiger partial charge is 0.306 e. The number of esters is 1.